The number of carbonyl (C=O) groups is 1. The molecule has 0 aliphatic rings. The predicted octanol–water partition coefficient (Wildman–Crippen LogP) is 0.745. The summed E-state index contributed by atoms with van der Waals surface area (Å²) in [5, 5.41) is 10.0. The van der Waals surface area contributed by atoms with Gasteiger partial charge in [0.2, 0.25) is 11.8 Å². The summed E-state index contributed by atoms with van der Waals surface area (Å²) < 4.78 is 9.83. The van der Waals surface area contributed by atoms with Gasteiger partial charge in [0.15, 0.2) is 11.6 Å². The van der Waals surface area contributed by atoms with Gasteiger partial charge >= 0.3 is 0 Å². The molecule has 2 aromatic heterocycles. The van der Waals surface area contributed by atoms with Crippen molar-refractivity contribution in [3.05, 3.63) is 23.5 Å². The Morgan fingerprint density at radius 2 is 2.16 bits per heavy atom. The number of amides is 1. The molecule has 0 spiro atoms. The minimum absolute atomic E-state index is 0.188. The van der Waals surface area contributed by atoms with Gasteiger partial charge in [-0.05, 0) is 20.9 Å². The molecule has 0 bridgehead atoms. The predicted molar refractivity (Wildman–Crippen MR) is 65.2 cm³/mol. The fourth-order valence-corrected chi connectivity index (χ4v) is 1.54. The highest BCUT2D eigenvalue weighted by molar-refractivity contribution is 5.91. The molecule has 1 amide bonds. The van der Waals surface area contributed by atoms with Gasteiger partial charge in [-0.15, -0.1) is 0 Å². The van der Waals surface area contributed by atoms with Crippen LogP contribution in [0.3, 0.4) is 0 Å². The zero-order valence-corrected chi connectivity index (χ0v) is 11.0. The van der Waals surface area contributed by atoms with E-state index in [1.807, 2.05) is 0 Å². The van der Waals surface area contributed by atoms with Gasteiger partial charge in [-0.3, -0.25) is 9.69 Å². The maximum atomic E-state index is 11.7. The second-order valence-corrected chi connectivity index (χ2v) is 4.28. The molecule has 0 aliphatic heterocycles. The molecule has 0 radical (unpaired) electrons. The minimum Gasteiger partial charge on any atom is -0.360 e. The van der Waals surface area contributed by atoms with Crippen LogP contribution in [0.2, 0.25) is 0 Å². The van der Waals surface area contributed by atoms with Gasteiger partial charge in [0.1, 0.15) is 5.76 Å². The van der Waals surface area contributed by atoms with Crippen molar-refractivity contribution < 1.29 is 13.8 Å². The van der Waals surface area contributed by atoms with Gasteiger partial charge in [0.25, 0.3) is 0 Å². The SMILES string of the molecule is Cc1noc(CN(C)CC(=O)Nc2cc(C)on2)n1. The lowest BCUT2D eigenvalue weighted by Crippen LogP contribution is -2.30. The molecule has 8 heteroatoms. The normalized spacial score (nSPS) is 10.9. The lowest BCUT2D eigenvalue weighted by molar-refractivity contribution is -0.117. The van der Waals surface area contributed by atoms with Crippen LogP contribution >= 0.6 is 0 Å². The van der Waals surface area contributed by atoms with Crippen LogP contribution in [0.5, 0.6) is 0 Å². The summed E-state index contributed by atoms with van der Waals surface area (Å²) in [6, 6.07) is 1.65. The molecule has 0 saturated carbocycles. The third-order valence-electron chi connectivity index (χ3n) is 2.28. The van der Waals surface area contributed by atoms with Crippen LogP contribution in [0.1, 0.15) is 17.5 Å². The summed E-state index contributed by atoms with van der Waals surface area (Å²) in [5.74, 6) is 1.91. The zero-order valence-electron chi connectivity index (χ0n) is 11.0. The Hall–Kier alpha value is -2.22. The Morgan fingerprint density at radius 3 is 2.74 bits per heavy atom. The van der Waals surface area contributed by atoms with Gasteiger partial charge in [-0.25, -0.2) is 0 Å². The lowest BCUT2D eigenvalue weighted by Gasteiger charge is -2.12. The van der Waals surface area contributed by atoms with Crippen molar-refractivity contribution in [1.29, 1.82) is 0 Å². The smallest absolute Gasteiger partial charge is 0.240 e. The van der Waals surface area contributed by atoms with Crippen molar-refractivity contribution in [1.82, 2.24) is 20.2 Å². The number of likely N-dealkylation sites (N-methyl/N-ethyl adjacent to an activating group) is 1. The topological polar surface area (TPSA) is 97.3 Å². The first-order valence-electron chi connectivity index (χ1n) is 5.74. The van der Waals surface area contributed by atoms with Gasteiger partial charge in [-0.1, -0.05) is 10.3 Å². The first kappa shape index (κ1) is 13.2. The van der Waals surface area contributed by atoms with Gasteiger partial charge in [0, 0.05) is 6.07 Å². The van der Waals surface area contributed by atoms with Gasteiger partial charge in [-0.2, -0.15) is 4.98 Å². The van der Waals surface area contributed by atoms with E-state index in [2.05, 4.69) is 20.6 Å². The average molecular weight is 265 g/mol. The molecule has 1 N–H and O–H groups in total. The van der Waals surface area contributed by atoms with E-state index in [1.54, 1.807) is 31.9 Å². The summed E-state index contributed by atoms with van der Waals surface area (Å²) in [6.45, 7) is 4.10. The highest BCUT2D eigenvalue weighted by Crippen LogP contribution is 2.07. The molecule has 0 aliphatic carbocycles. The quantitative estimate of drug-likeness (QED) is 0.851. The second-order valence-electron chi connectivity index (χ2n) is 4.28. The van der Waals surface area contributed by atoms with E-state index >= 15 is 0 Å². The minimum atomic E-state index is -0.188. The summed E-state index contributed by atoms with van der Waals surface area (Å²) in [5.41, 5.74) is 0. The molecule has 0 aromatic carbocycles. The number of anilines is 1. The second kappa shape index (κ2) is 5.61. The first-order chi connectivity index (χ1) is 9.02. The summed E-state index contributed by atoms with van der Waals surface area (Å²) in [4.78, 5) is 17.6. The van der Waals surface area contributed by atoms with Crippen LogP contribution in [0.25, 0.3) is 0 Å². The Balaban J connectivity index is 1.81. The molecular weight excluding hydrogens is 250 g/mol. The van der Waals surface area contributed by atoms with Crippen molar-refractivity contribution in [3.63, 3.8) is 0 Å². The van der Waals surface area contributed by atoms with Crippen LogP contribution in [-0.4, -0.2) is 39.7 Å². The Bertz CT molecular complexity index is 562. The van der Waals surface area contributed by atoms with Crippen LogP contribution < -0.4 is 5.32 Å². The standard InChI is InChI=1S/C11H15N5O3/c1-7-4-9(15-18-7)13-10(17)5-16(3)6-11-12-8(2)14-19-11/h4H,5-6H2,1-3H3,(H,13,15,17). The van der Waals surface area contributed by atoms with Crippen molar-refractivity contribution in [2.24, 2.45) is 0 Å². The highest BCUT2D eigenvalue weighted by Gasteiger charge is 2.12. The molecule has 0 unspecified atom stereocenters. The number of aryl methyl sites for hydroxylation is 2. The molecule has 2 aromatic rings. The van der Waals surface area contributed by atoms with E-state index in [-0.39, 0.29) is 12.5 Å². The third-order valence-corrected chi connectivity index (χ3v) is 2.28. The van der Waals surface area contributed by atoms with Crippen LogP contribution in [0.15, 0.2) is 15.1 Å². The van der Waals surface area contributed by atoms with Crippen molar-refractivity contribution in [2.75, 3.05) is 18.9 Å². The van der Waals surface area contributed by atoms with Crippen molar-refractivity contribution >= 4 is 11.7 Å². The number of hydrogen-bond donors (Lipinski definition) is 1. The average Bonchev–Trinajstić information content (AvgIpc) is 2.87. The molecule has 0 atom stereocenters. The van der Waals surface area contributed by atoms with Crippen LogP contribution in [0, 0.1) is 13.8 Å². The van der Waals surface area contributed by atoms with E-state index in [0.717, 1.165) is 0 Å². The molecule has 102 valence electrons. The molecule has 2 rings (SSSR count). The summed E-state index contributed by atoms with van der Waals surface area (Å²) in [7, 11) is 1.78. The highest BCUT2D eigenvalue weighted by atomic mass is 16.5. The molecule has 0 fully saturated rings. The fourth-order valence-electron chi connectivity index (χ4n) is 1.54. The molecular formula is C11H15N5O3. The Labute approximate surface area is 109 Å². The monoisotopic (exact) mass is 265 g/mol. The number of rotatable bonds is 5. The Kier molecular flexibility index (Phi) is 3.91. The number of aromatic nitrogens is 3. The van der Waals surface area contributed by atoms with Gasteiger partial charge in [0.05, 0.1) is 13.1 Å². The summed E-state index contributed by atoms with van der Waals surface area (Å²) >= 11 is 0. The van der Waals surface area contributed by atoms with Crippen molar-refractivity contribution in [3.8, 4) is 0 Å². The molecule has 8 nitrogen and oxygen atoms in total. The van der Waals surface area contributed by atoms with Crippen LogP contribution in [-0.2, 0) is 11.3 Å². The molecule has 2 heterocycles. The lowest BCUT2D eigenvalue weighted by atomic mass is 10.4. The third kappa shape index (κ3) is 3.88. The largest absolute Gasteiger partial charge is 0.360 e. The van der Waals surface area contributed by atoms with E-state index < -0.39 is 0 Å². The fraction of sp³-hybridized carbons (Fsp3) is 0.455. The van der Waals surface area contributed by atoms with Crippen LogP contribution in [0.4, 0.5) is 5.82 Å². The van der Waals surface area contributed by atoms with Crippen molar-refractivity contribution in [2.45, 2.75) is 20.4 Å². The number of carbonyl (C=O) groups excluding carboxylic acids is 1. The zero-order chi connectivity index (χ0) is 13.8. The summed E-state index contributed by atoms with van der Waals surface area (Å²) in [6.07, 6.45) is 0. The number of nitrogens with zero attached hydrogens (tertiary/aromatic N) is 4. The van der Waals surface area contributed by atoms with E-state index in [9.17, 15) is 4.79 Å². The molecule has 19 heavy (non-hydrogen) atoms. The van der Waals surface area contributed by atoms with E-state index in [1.165, 1.54) is 0 Å². The van der Waals surface area contributed by atoms with E-state index in [4.69, 9.17) is 9.05 Å². The van der Waals surface area contributed by atoms with E-state index in [0.29, 0.717) is 29.8 Å². The maximum absolute atomic E-state index is 11.7. The number of nitrogens with one attached hydrogen (secondary N) is 1. The maximum Gasteiger partial charge on any atom is 0.240 e. The first-order valence-corrected chi connectivity index (χ1v) is 5.74. The molecule has 0 saturated heterocycles. The Morgan fingerprint density at radius 1 is 1.37 bits per heavy atom. The van der Waals surface area contributed by atoms with Gasteiger partial charge < -0.3 is 14.4 Å². The number of hydrogen-bond acceptors (Lipinski definition) is 7.